The standard InChI is InChI=1S/C27H28N4S4/c28-20-9-1-5-13-24(20)32-18-34-26-15-7-3-11-22(26)30-17-31-23-12-4-8-16-27(23)35-19-33-25-14-6-2-10-21(25)29/h1-16,30-31H,17-19,28-29H2. The smallest absolute Gasteiger partial charge is 0.0850 e. The van der Waals surface area contributed by atoms with Crippen molar-refractivity contribution >= 4 is 69.8 Å². The number of para-hydroxylation sites is 4. The average molecular weight is 537 g/mol. The summed E-state index contributed by atoms with van der Waals surface area (Å²) in [4.78, 5) is 4.68. The van der Waals surface area contributed by atoms with E-state index in [1.807, 2.05) is 59.9 Å². The Bertz CT molecular complexity index is 1140. The van der Waals surface area contributed by atoms with Gasteiger partial charge in [-0.25, -0.2) is 0 Å². The Labute approximate surface area is 224 Å². The lowest BCUT2D eigenvalue weighted by Crippen LogP contribution is -2.12. The van der Waals surface area contributed by atoms with Crippen LogP contribution in [0.25, 0.3) is 0 Å². The summed E-state index contributed by atoms with van der Waals surface area (Å²) in [7, 11) is 0. The van der Waals surface area contributed by atoms with Crippen LogP contribution in [0.4, 0.5) is 22.7 Å². The summed E-state index contributed by atoms with van der Waals surface area (Å²) in [6, 6.07) is 32.8. The van der Waals surface area contributed by atoms with Crippen molar-refractivity contribution in [1.82, 2.24) is 0 Å². The van der Waals surface area contributed by atoms with Gasteiger partial charge in [0, 0.05) is 52.5 Å². The van der Waals surface area contributed by atoms with Crippen molar-refractivity contribution in [2.45, 2.75) is 19.6 Å². The summed E-state index contributed by atoms with van der Waals surface area (Å²) < 4.78 is 0. The molecule has 8 heteroatoms. The van der Waals surface area contributed by atoms with E-state index in [0.717, 1.165) is 42.7 Å². The molecule has 0 saturated carbocycles. The fourth-order valence-corrected chi connectivity index (χ4v) is 7.51. The molecule has 6 N–H and O–H groups in total. The first-order chi connectivity index (χ1) is 17.2. The first-order valence-electron chi connectivity index (χ1n) is 11.1. The van der Waals surface area contributed by atoms with Crippen molar-refractivity contribution in [3.05, 3.63) is 97.1 Å². The number of rotatable bonds is 12. The molecule has 0 aromatic heterocycles. The van der Waals surface area contributed by atoms with Gasteiger partial charge < -0.3 is 22.1 Å². The van der Waals surface area contributed by atoms with Crippen molar-refractivity contribution in [2.75, 3.05) is 38.9 Å². The van der Waals surface area contributed by atoms with Crippen LogP contribution in [-0.2, 0) is 0 Å². The van der Waals surface area contributed by atoms with Crippen molar-refractivity contribution in [1.29, 1.82) is 0 Å². The van der Waals surface area contributed by atoms with Crippen LogP contribution in [-0.4, -0.2) is 16.8 Å². The molecular weight excluding hydrogens is 509 g/mol. The molecule has 4 rings (SSSR count). The summed E-state index contributed by atoms with van der Waals surface area (Å²) in [5.41, 5.74) is 16.0. The quantitative estimate of drug-likeness (QED) is 0.0824. The average Bonchev–Trinajstić information content (AvgIpc) is 2.88. The van der Waals surface area contributed by atoms with Gasteiger partial charge in [0.15, 0.2) is 0 Å². The third-order valence-corrected chi connectivity index (χ3v) is 9.61. The zero-order valence-corrected chi connectivity index (χ0v) is 22.4. The molecule has 4 nitrogen and oxygen atoms in total. The summed E-state index contributed by atoms with van der Waals surface area (Å²) in [6.45, 7) is 0.632. The second kappa shape index (κ2) is 13.5. The Morgan fingerprint density at radius 2 is 0.800 bits per heavy atom. The number of nitrogens with two attached hydrogens (primary N) is 2. The van der Waals surface area contributed by atoms with Crippen LogP contribution in [0.15, 0.2) is 117 Å². The molecule has 0 saturated heterocycles. The summed E-state index contributed by atoms with van der Waals surface area (Å²) in [5.74, 6) is 0. The van der Waals surface area contributed by atoms with Gasteiger partial charge in [0.05, 0.1) is 6.67 Å². The van der Waals surface area contributed by atoms with Gasteiger partial charge in [-0.15, -0.1) is 47.0 Å². The van der Waals surface area contributed by atoms with Crippen molar-refractivity contribution in [3.8, 4) is 0 Å². The molecule has 0 bridgehead atoms. The number of nitrogen functional groups attached to an aromatic ring is 2. The van der Waals surface area contributed by atoms with Gasteiger partial charge in [0.2, 0.25) is 0 Å². The molecule has 0 aliphatic carbocycles. The minimum absolute atomic E-state index is 0.632. The van der Waals surface area contributed by atoms with Crippen molar-refractivity contribution in [3.63, 3.8) is 0 Å². The topological polar surface area (TPSA) is 76.1 Å². The lowest BCUT2D eigenvalue weighted by Gasteiger charge is -2.15. The third kappa shape index (κ3) is 7.73. The SMILES string of the molecule is Nc1ccccc1SCSc1ccccc1NCNc1ccccc1SCSc1ccccc1N. The van der Waals surface area contributed by atoms with Gasteiger partial charge in [-0.1, -0.05) is 48.5 Å². The fourth-order valence-electron chi connectivity index (χ4n) is 3.25. The Morgan fingerprint density at radius 1 is 0.457 bits per heavy atom. The maximum atomic E-state index is 6.07. The van der Waals surface area contributed by atoms with E-state index in [1.54, 1.807) is 23.5 Å². The maximum absolute atomic E-state index is 6.07. The molecule has 180 valence electrons. The molecular formula is C27H28N4S4. The van der Waals surface area contributed by atoms with Gasteiger partial charge in [-0.05, 0) is 48.5 Å². The molecule has 0 radical (unpaired) electrons. The third-order valence-electron chi connectivity index (χ3n) is 5.03. The van der Waals surface area contributed by atoms with Crippen LogP contribution in [0.3, 0.4) is 0 Å². The highest BCUT2D eigenvalue weighted by Gasteiger charge is 2.06. The van der Waals surface area contributed by atoms with Gasteiger partial charge >= 0.3 is 0 Å². The molecule has 4 aromatic rings. The van der Waals surface area contributed by atoms with E-state index in [2.05, 4.69) is 71.3 Å². The number of anilines is 4. The van der Waals surface area contributed by atoms with Crippen LogP contribution in [0.1, 0.15) is 0 Å². The van der Waals surface area contributed by atoms with E-state index in [9.17, 15) is 0 Å². The normalized spacial score (nSPS) is 10.7. The van der Waals surface area contributed by atoms with E-state index in [0.29, 0.717) is 6.67 Å². The molecule has 0 atom stereocenters. The first kappa shape index (κ1) is 25.6. The predicted molar refractivity (Wildman–Crippen MR) is 160 cm³/mol. The largest absolute Gasteiger partial charge is 0.398 e. The zero-order valence-electron chi connectivity index (χ0n) is 19.1. The van der Waals surface area contributed by atoms with Gasteiger partial charge in [0.25, 0.3) is 0 Å². The monoisotopic (exact) mass is 536 g/mol. The number of thioether (sulfide) groups is 4. The zero-order chi connectivity index (χ0) is 24.3. The van der Waals surface area contributed by atoms with E-state index >= 15 is 0 Å². The lowest BCUT2D eigenvalue weighted by molar-refractivity contribution is 1.17. The van der Waals surface area contributed by atoms with Crippen LogP contribution in [0, 0.1) is 0 Å². The highest BCUT2D eigenvalue weighted by molar-refractivity contribution is 8.16. The van der Waals surface area contributed by atoms with E-state index in [-0.39, 0.29) is 0 Å². The summed E-state index contributed by atoms with van der Waals surface area (Å²) in [6.07, 6.45) is 0. The van der Waals surface area contributed by atoms with Crippen molar-refractivity contribution in [2.24, 2.45) is 0 Å². The Balaban J connectivity index is 1.28. The Morgan fingerprint density at radius 3 is 1.23 bits per heavy atom. The summed E-state index contributed by atoms with van der Waals surface area (Å²) in [5, 5.41) is 8.87. The van der Waals surface area contributed by atoms with Crippen LogP contribution in [0.5, 0.6) is 0 Å². The van der Waals surface area contributed by atoms with Crippen LogP contribution >= 0.6 is 47.0 Å². The molecule has 35 heavy (non-hydrogen) atoms. The minimum Gasteiger partial charge on any atom is -0.398 e. The molecule has 0 heterocycles. The molecule has 0 aliphatic heterocycles. The molecule has 0 unspecified atom stereocenters. The number of hydrogen-bond acceptors (Lipinski definition) is 8. The lowest BCUT2D eigenvalue weighted by atomic mass is 10.3. The Kier molecular flexibility index (Phi) is 9.89. The highest BCUT2D eigenvalue weighted by Crippen LogP contribution is 2.35. The number of benzene rings is 4. The van der Waals surface area contributed by atoms with Crippen LogP contribution < -0.4 is 22.1 Å². The molecule has 0 spiro atoms. The molecule has 0 aliphatic rings. The van der Waals surface area contributed by atoms with Crippen LogP contribution in [0.2, 0.25) is 0 Å². The molecule has 0 fully saturated rings. The van der Waals surface area contributed by atoms with Gasteiger partial charge in [-0.2, -0.15) is 0 Å². The summed E-state index contributed by atoms with van der Waals surface area (Å²) >= 11 is 7.14. The number of nitrogens with one attached hydrogen (secondary N) is 2. The van der Waals surface area contributed by atoms with E-state index < -0.39 is 0 Å². The Hall–Kier alpha value is -2.52. The van der Waals surface area contributed by atoms with E-state index in [4.69, 9.17) is 11.5 Å². The van der Waals surface area contributed by atoms with Crippen molar-refractivity contribution < 1.29 is 0 Å². The fraction of sp³-hybridized carbons (Fsp3) is 0.111. The second-order valence-electron chi connectivity index (χ2n) is 7.41. The highest BCUT2D eigenvalue weighted by atomic mass is 32.2. The van der Waals surface area contributed by atoms with Gasteiger partial charge in [0.1, 0.15) is 0 Å². The number of hydrogen-bond donors (Lipinski definition) is 4. The minimum atomic E-state index is 0.632. The first-order valence-corrected chi connectivity index (χ1v) is 15.0. The van der Waals surface area contributed by atoms with E-state index in [1.165, 1.54) is 9.79 Å². The predicted octanol–water partition coefficient (Wildman–Crippen LogP) is 8.02. The molecule has 4 aromatic carbocycles. The molecule has 0 amide bonds. The van der Waals surface area contributed by atoms with Gasteiger partial charge in [-0.3, -0.25) is 0 Å². The second-order valence-corrected chi connectivity index (χ2v) is 12.2. The maximum Gasteiger partial charge on any atom is 0.0850 e.